The van der Waals surface area contributed by atoms with Crippen molar-refractivity contribution in [1.29, 1.82) is 0 Å². The number of fused-ring (bicyclic) bond motifs is 1. The molecule has 0 bridgehead atoms. The number of hydrogen-bond acceptors (Lipinski definition) is 3. The van der Waals surface area contributed by atoms with Crippen molar-refractivity contribution in [3.05, 3.63) is 60.7 Å². The van der Waals surface area contributed by atoms with Crippen LogP contribution in [0, 0.1) is 0 Å². The molecule has 0 aliphatic carbocycles. The molecule has 128 valence electrons. The molecule has 0 N–H and O–H groups in total. The zero-order valence-corrected chi connectivity index (χ0v) is 14.7. The Morgan fingerprint density at radius 2 is 1.88 bits per heavy atom. The lowest BCUT2D eigenvalue weighted by molar-refractivity contribution is -0.145. The highest BCUT2D eigenvalue weighted by molar-refractivity contribution is 5.91. The Morgan fingerprint density at radius 1 is 1.17 bits per heavy atom. The van der Waals surface area contributed by atoms with Gasteiger partial charge in [-0.15, -0.1) is 6.58 Å². The van der Waals surface area contributed by atoms with Gasteiger partial charge < -0.3 is 9.64 Å². The molecule has 0 radical (unpaired) electrons. The van der Waals surface area contributed by atoms with Crippen LogP contribution in [-0.2, 0) is 9.53 Å². The summed E-state index contributed by atoms with van der Waals surface area (Å²) in [4.78, 5) is 14.9. The topological polar surface area (TPSA) is 29.5 Å². The number of ether oxygens (including phenoxy) is 1. The van der Waals surface area contributed by atoms with Gasteiger partial charge in [0.25, 0.3) is 0 Å². The van der Waals surface area contributed by atoms with Gasteiger partial charge in [-0.05, 0) is 35.8 Å². The highest BCUT2D eigenvalue weighted by Gasteiger charge is 2.22. The van der Waals surface area contributed by atoms with Crippen LogP contribution in [0.5, 0.6) is 0 Å². The highest BCUT2D eigenvalue weighted by atomic mass is 16.5. The van der Waals surface area contributed by atoms with Crippen molar-refractivity contribution in [2.24, 2.45) is 0 Å². The lowest BCUT2D eigenvalue weighted by atomic mass is 9.91. The number of esters is 1. The zero-order valence-electron chi connectivity index (χ0n) is 14.7. The average Bonchev–Trinajstić information content (AvgIpc) is 2.63. The van der Waals surface area contributed by atoms with Crippen molar-refractivity contribution in [3.63, 3.8) is 0 Å². The van der Waals surface area contributed by atoms with E-state index in [1.807, 2.05) is 24.3 Å². The van der Waals surface area contributed by atoms with Gasteiger partial charge in [-0.25, -0.2) is 0 Å². The first kappa shape index (κ1) is 18.2. The van der Waals surface area contributed by atoms with Crippen molar-refractivity contribution >= 4 is 16.7 Å². The summed E-state index contributed by atoms with van der Waals surface area (Å²) in [6.07, 6.45) is 2.37. The van der Waals surface area contributed by atoms with Gasteiger partial charge >= 0.3 is 5.97 Å². The molecule has 0 aliphatic heterocycles. The first-order valence-electron chi connectivity index (χ1n) is 8.68. The number of likely N-dealkylation sites (N-methyl/N-ethyl adjacent to an activating group) is 1. The second kappa shape index (κ2) is 9.24. The summed E-state index contributed by atoms with van der Waals surface area (Å²) >= 11 is 0. The fourth-order valence-corrected chi connectivity index (χ4v) is 2.99. The number of nitrogens with zero attached hydrogens (tertiary/aromatic N) is 1. The number of hydrogen-bond donors (Lipinski definition) is 0. The zero-order chi connectivity index (χ0) is 17.4. The summed E-state index contributed by atoms with van der Waals surface area (Å²) < 4.78 is 5.57. The third-order valence-electron chi connectivity index (χ3n) is 4.43. The van der Waals surface area contributed by atoms with Gasteiger partial charge in [0.1, 0.15) is 6.61 Å². The van der Waals surface area contributed by atoms with Crippen LogP contribution in [0.15, 0.2) is 55.1 Å². The first-order valence-corrected chi connectivity index (χ1v) is 8.68. The maximum Gasteiger partial charge on any atom is 0.313 e. The smallest absolute Gasteiger partial charge is 0.313 e. The Labute approximate surface area is 144 Å². The molecular weight excluding hydrogens is 298 g/mol. The Morgan fingerprint density at radius 3 is 2.58 bits per heavy atom. The van der Waals surface area contributed by atoms with Gasteiger partial charge in [0.2, 0.25) is 0 Å². The Bertz CT molecular complexity index is 671. The molecule has 0 spiro atoms. The fraction of sp³-hybridized carbons (Fsp3) is 0.381. The quantitative estimate of drug-likeness (QED) is 0.506. The van der Waals surface area contributed by atoms with Crippen LogP contribution in [0.1, 0.15) is 31.7 Å². The molecule has 0 aromatic heterocycles. The molecule has 1 atom stereocenters. The molecule has 2 aromatic rings. The van der Waals surface area contributed by atoms with Gasteiger partial charge in [0.05, 0.1) is 5.92 Å². The van der Waals surface area contributed by atoms with E-state index < -0.39 is 0 Å². The molecular formula is C21H27NO2. The van der Waals surface area contributed by atoms with E-state index in [1.54, 1.807) is 6.08 Å². The fourth-order valence-electron chi connectivity index (χ4n) is 2.99. The molecule has 24 heavy (non-hydrogen) atoms. The SMILES string of the molecule is C=CCC(C(=O)OCCN(CC)CC)c1cccc2ccccc12. The van der Waals surface area contributed by atoms with Crippen LogP contribution in [0.2, 0.25) is 0 Å². The molecule has 2 aromatic carbocycles. The maximum atomic E-state index is 12.6. The van der Waals surface area contributed by atoms with Crippen LogP contribution in [0.3, 0.4) is 0 Å². The molecule has 0 saturated heterocycles. The van der Waals surface area contributed by atoms with Crippen molar-refractivity contribution in [1.82, 2.24) is 4.90 Å². The molecule has 0 aliphatic rings. The number of rotatable bonds is 9. The summed E-state index contributed by atoms with van der Waals surface area (Å²) in [5, 5.41) is 2.24. The third-order valence-corrected chi connectivity index (χ3v) is 4.43. The molecule has 3 heteroatoms. The summed E-state index contributed by atoms with van der Waals surface area (Å²) in [7, 11) is 0. The maximum absolute atomic E-state index is 12.6. The van der Waals surface area contributed by atoms with E-state index >= 15 is 0 Å². The second-order valence-corrected chi connectivity index (χ2v) is 5.84. The lowest BCUT2D eigenvalue weighted by Gasteiger charge is -2.20. The van der Waals surface area contributed by atoms with Gasteiger partial charge in [0, 0.05) is 6.54 Å². The van der Waals surface area contributed by atoms with Gasteiger partial charge in [0.15, 0.2) is 0 Å². The van der Waals surface area contributed by atoms with Crippen molar-refractivity contribution in [3.8, 4) is 0 Å². The molecule has 0 amide bonds. The minimum absolute atomic E-state index is 0.168. The number of carbonyl (C=O) groups is 1. The highest BCUT2D eigenvalue weighted by Crippen LogP contribution is 2.29. The summed E-state index contributed by atoms with van der Waals surface area (Å²) in [5.74, 6) is -0.469. The standard InChI is InChI=1S/C21H27NO2/c1-4-10-20(21(23)24-16-15-22(5-2)6-3)19-14-9-12-17-11-7-8-13-18(17)19/h4,7-9,11-14,20H,1,5-6,10,15-16H2,2-3H3. The van der Waals surface area contributed by atoms with E-state index in [1.165, 1.54) is 0 Å². The van der Waals surface area contributed by atoms with E-state index in [0.29, 0.717) is 13.0 Å². The van der Waals surface area contributed by atoms with Crippen LogP contribution >= 0.6 is 0 Å². The number of carbonyl (C=O) groups excluding carboxylic acids is 1. The van der Waals surface area contributed by atoms with Crippen LogP contribution in [0.25, 0.3) is 10.8 Å². The van der Waals surface area contributed by atoms with E-state index in [0.717, 1.165) is 36.0 Å². The molecule has 2 rings (SSSR count). The van der Waals surface area contributed by atoms with E-state index in [-0.39, 0.29) is 11.9 Å². The van der Waals surface area contributed by atoms with E-state index in [4.69, 9.17) is 4.74 Å². The predicted octanol–water partition coefficient (Wildman–Crippen LogP) is 4.38. The third kappa shape index (κ3) is 4.45. The van der Waals surface area contributed by atoms with Crippen molar-refractivity contribution in [2.45, 2.75) is 26.2 Å². The molecule has 0 saturated carbocycles. The Balaban J connectivity index is 2.16. The van der Waals surface area contributed by atoms with Crippen LogP contribution in [-0.4, -0.2) is 37.1 Å². The second-order valence-electron chi connectivity index (χ2n) is 5.84. The average molecular weight is 325 g/mol. The monoisotopic (exact) mass is 325 g/mol. The minimum atomic E-state index is -0.301. The molecule has 0 fully saturated rings. The minimum Gasteiger partial charge on any atom is -0.464 e. The van der Waals surface area contributed by atoms with Crippen LogP contribution in [0.4, 0.5) is 0 Å². The number of allylic oxidation sites excluding steroid dienone is 1. The van der Waals surface area contributed by atoms with Crippen LogP contribution < -0.4 is 0 Å². The van der Waals surface area contributed by atoms with Gasteiger partial charge in [-0.3, -0.25) is 4.79 Å². The van der Waals surface area contributed by atoms with Crippen molar-refractivity contribution < 1.29 is 9.53 Å². The summed E-state index contributed by atoms with van der Waals surface area (Å²) in [6.45, 7) is 11.2. The summed E-state index contributed by atoms with van der Waals surface area (Å²) in [6, 6.07) is 14.2. The number of benzene rings is 2. The first-order chi connectivity index (χ1) is 11.7. The molecule has 3 nitrogen and oxygen atoms in total. The Hall–Kier alpha value is -2.13. The van der Waals surface area contributed by atoms with Gasteiger partial charge in [-0.2, -0.15) is 0 Å². The van der Waals surface area contributed by atoms with Crippen molar-refractivity contribution in [2.75, 3.05) is 26.2 Å². The molecule has 0 heterocycles. The normalized spacial score (nSPS) is 12.3. The largest absolute Gasteiger partial charge is 0.464 e. The summed E-state index contributed by atoms with van der Waals surface area (Å²) in [5.41, 5.74) is 1.01. The van der Waals surface area contributed by atoms with E-state index in [2.05, 4.69) is 43.5 Å². The Kier molecular flexibility index (Phi) is 7.01. The molecule has 1 unspecified atom stereocenters. The lowest BCUT2D eigenvalue weighted by Crippen LogP contribution is -2.28. The predicted molar refractivity (Wildman–Crippen MR) is 100 cm³/mol. The van der Waals surface area contributed by atoms with Gasteiger partial charge in [-0.1, -0.05) is 62.4 Å². The van der Waals surface area contributed by atoms with E-state index in [9.17, 15) is 4.79 Å².